The lowest BCUT2D eigenvalue weighted by Crippen LogP contribution is -2.30. The highest BCUT2D eigenvalue weighted by molar-refractivity contribution is 5.56. The third kappa shape index (κ3) is 2.09. The molecular formula is C15H17N3O4. The van der Waals surface area contributed by atoms with E-state index < -0.39 is 6.10 Å². The van der Waals surface area contributed by atoms with Crippen molar-refractivity contribution in [3.63, 3.8) is 0 Å². The lowest BCUT2D eigenvalue weighted by Gasteiger charge is -2.19. The van der Waals surface area contributed by atoms with Crippen LogP contribution in [-0.4, -0.2) is 58.3 Å². The zero-order valence-electron chi connectivity index (χ0n) is 12.1. The van der Waals surface area contributed by atoms with E-state index in [9.17, 15) is 5.11 Å². The number of methoxy groups -OCH3 is 1. The van der Waals surface area contributed by atoms with Gasteiger partial charge < -0.3 is 23.9 Å². The monoisotopic (exact) mass is 303 g/mol. The van der Waals surface area contributed by atoms with Crippen molar-refractivity contribution in [1.29, 1.82) is 0 Å². The molecule has 22 heavy (non-hydrogen) atoms. The Kier molecular flexibility index (Phi) is 3.33. The molecule has 0 radical (unpaired) electrons. The molecule has 2 aromatic heterocycles. The van der Waals surface area contributed by atoms with Gasteiger partial charge in [-0.05, 0) is 6.07 Å². The normalized spacial score (nSPS) is 30.5. The van der Waals surface area contributed by atoms with E-state index in [4.69, 9.17) is 14.2 Å². The molecule has 0 amide bonds. The maximum absolute atomic E-state index is 9.87. The number of nitrogens with zero attached hydrogens (tertiary/aromatic N) is 3. The fourth-order valence-electron chi connectivity index (χ4n) is 3.16. The first-order valence-electron chi connectivity index (χ1n) is 7.22. The Morgan fingerprint density at radius 1 is 1.23 bits per heavy atom. The average Bonchev–Trinajstić information content (AvgIpc) is 3.25. The van der Waals surface area contributed by atoms with Crippen molar-refractivity contribution < 1.29 is 19.3 Å². The third-order valence-corrected chi connectivity index (χ3v) is 4.23. The first-order chi connectivity index (χ1) is 10.8. The number of aliphatic hydroxyl groups excluding tert-OH is 1. The first kappa shape index (κ1) is 13.7. The Labute approximate surface area is 127 Å². The Balaban J connectivity index is 1.68. The van der Waals surface area contributed by atoms with Gasteiger partial charge in [0.15, 0.2) is 0 Å². The van der Waals surface area contributed by atoms with E-state index >= 15 is 0 Å². The van der Waals surface area contributed by atoms with E-state index in [0.717, 1.165) is 11.4 Å². The van der Waals surface area contributed by atoms with Gasteiger partial charge in [-0.15, -0.1) is 0 Å². The summed E-state index contributed by atoms with van der Waals surface area (Å²) in [6.07, 6.45) is 4.40. The van der Waals surface area contributed by atoms with E-state index in [1.165, 1.54) is 0 Å². The molecule has 1 N–H and O–H groups in total. The van der Waals surface area contributed by atoms with Crippen molar-refractivity contribution in [3.8, 4) is 17.3 Å². The maximum Gasteiger partial charge on any atom is 0.213 e. The van der Waals surface area contributed by atoms with Gasteiger partial charge in [0.2, 0.25) is 5.88 Å². The molecule has 0 saturated carbocycles. The van der Waals surface area contributed by atoms with Crippen LogP contribution in [0, 0.1) is 0 Å². The van der Waals surface area contributed by atoms with Crippen LogP contribution >= 0.6 is 0 Å². The van der Waals surface area contributed by atoms with Crippen molar-refractivity contribution in [2.45, 2.75) is 24.4 Å². The van der Waals surface area contributed by atoms with Gasteiger partial charge in [0, 0.05) is 30.2 Å². The SMILES string of the molecule is COc1cc(-c2nccn2[C@H]2CO[C@H]3[C@@H]2OC[C@H]3O)ccn1. The summed E-state index contributed by atoms with van der Waals surface area (Å²) in [5, 5.41) is 9.87. The Bertz CT molecular complexity index is 674. The third-order valence-electron chi connectivity index (χ3n) is 4.23. The molecule has 2 aromatic rings. The van der Waals surface area contributed by atoms with Gasteiger partial charge in [-0.3, -0.25) is 0 Å². The van der Waals surface area contributed by atoms with Crippen LogP contribution in [0.4, 0.5) is 0 Å². The second-order valence-corrected chi connectivity index (χ2v) is 5.48. The summed E-state index contributed by atoms with van der Waals surface area (Å²) in [4.78, 5) is 8.56. The van der Waals surface area contributed by atoms with Crippen LogP contribution in [0.1, 0.15) is 6.04 Å². The number of pyridine rings is 1. The van der Waals surface area contributed by atoms with Crippen molar-refractivity contribution in [3.05, 3.63) is 30.7 Å². The standard InChI is InChI=1S/C15H17N3O4/c1-20-12-6-9(2-3-16-12)15-17-4-5-18(15)10-7-21-14-11(19)8-22-13(10)14/h2-6,10-11,13-14,19H,7-8H2,1H3/t10-,11+,13+,14+/m0/s1. The number of imidazole rings is 1. The molecule has 4 atom stereocenters. The fraction of sp³-hybridized carbons (Fsp3) is 0.467. The molecule has 2 aliphatic heterocycles. The number of aliphatic hydroxyl groups is 1. The number of fused-ring (bicyclic) bond motifs is 1. The molecular weight excluding hydrogens is 286 g/mol. The summed E-state index contributed by atoms with van der Waals surface area (Å²) in [7, 11) is 1.59. The predicted octanol–water partition coefficient (Wildman–Crippen LogP) is 0.653. The number of ether oxygens (including phenoxy) is 3. The first-order valence-corrected chi connectivity index (χ1v) is 7.22. The van der Waals surface area contributed by atoms with E-state index in [-0.39, 0.29) is 18.2 Å². The molecule has 7 nitrogen and oxygen atoms in total. The molecule has 2 saturated heterocycles. The summed E-state index contributed by atoms with van der Waals surface area (Å²) >= 11 is 0. The summed E-state index contributed by atoms with van der Waals surface area (Å²) in [6.45, 7) is 0.816. The molecule has 7 heteroatoms. The van der Waals surface area contributed by atoms with Gasteiger partial charge in [-0.25, -0.2) is 9.97 Å². The second-order valence-electron chi connectivity index (χ2n) is 5.48. The number of hydrogen-bond donors (Lipinski definition) is 1. The van der Waals surface area contributed by atoms with Crippen molar-refractivity contribution in [2.75, 3.05) is 20.3 Å². The van der Waals surface area contributed by atoms with Crippen LogP contribution in [0.3, 0.4) is 0 Å². The fourth-order valence-corrected chi connectivity index (χ4v) is 3.16. The van der Waals surface area contributed by atoms with Crippen molar-refractivity contribution in [2.24, 2.45) is 0 Å². The van der Waals surface area contributed by atoms with E-state index in [1.54, 1.807) is 19.5 Å². The summed E-state index contributed by atoms with van der Waals surface area (Å²) in [5.41, 5.74) is 0.916. The molecule has 0 bridgehead atoms. The average molecular weight is 303 g/mol. The van der Waals surface area contributed by atoms with Crippen LogP contribution in [0.25, 0.3) is 11.4 Å². The van der Waals surface area contributed by atoms with Gasteiger partial charge in [0.25, 0.3) is 0 Å². The molecule has 116 valence electrons. The largest absolute Gasteiger partial charge is 0.481 e. The van der Waals surface area contributed by atoms with Crippen LogP contribution in [0.5, 0.6) is 5.88 Å². The van der Waals surface area contributed by atoms with Crippen molar-refractivity contribution >= 4 is 0 Å². The molecule has 0 spiro atoms. The van der Waals surface area contributed by atoms with E-state index in [0.29, 0.717) is 19.1 Å². The van der Waals surface area contributed by atoms with Crippen LogP contribution < -0.4 is 4.74 Å². The maximum atomic E-state index is 9.87. The van der Waals surface area contributed by atoms with Gasteiger partial charge in [0.1, 0.15) is 24.1 Å². The minimum Gasteiger partial charge on any atom is -0.481 e. The molecule has 0 aromatic carbocycles. The number of hydrogen-bond acceptors (Lipinski definition) is 6. The quantitative estimate of drug-likeness (QED) is 0.897. The molecule has 0 unspecified atom stereocenters. The molecule has 2 fully saturated rings. The summed E-state index contributed by atoms with van der Waals surface area (Å²) in [5.74, 6) is 1.35. The highest BCUT2D eigenvalue weighted by Gasteiger charge is 2.48. The minimum atomic E-state index is -0.553. The second kappa shape index (κ2) is 5.35. The van der Waals surface area contributed by atoms with Crippen molar-refractivity contribution in [1.82, 2.24) is 14.5 Å². The molecule has 0 aliphatic carbocycles. The lowest BCUT2D eigenvalue weighted by atomic mass is 10.1. The number of rotatable bonds is 3. The summed E-state index contributed by atoms with van der Waals surface area (Å²) in [6, 6.07) is 3.73. The number of aromatic nitrogens is 3. The van der Waals surface area contributed by atoms with Crippen LogP contribution in [-0.2, 0) is 9.47 Å². The predicted molar refractivity (Wildman–Crippen MR) is 76.5 cm³/mol. The zero-order valence-corrected chi connectivity index (χ0v) is 12.1. The minimum absolute atomic E-state index is 0.00110. The Hall–Kier alpha value is -1.96. The topological polar surface area (TPSA) is 78.6 Å². The van der Waals surface area contributed by atoms with Crippen LogP contribution in [0.15, 0.2) is 30.7 Å². The van der Waals surface area contributed by atoms with Crippen LogP contribution in [0.2, 0.25) is 0 Å². The van der Waals surface area contributed by atoms with E-state index in [1.807, 2.05) is 22.9 Å². The zero-order chi connectivity index (χ0) is 15.1. The molecule has 2 aliphatic rings. The highest BCUT2D eigenvalue weighted by Crippen LogP contribution is 2.36. The Morgan fingerprint density at radius 2 is 2.09 bits per heavy atom. The lowest BCUT2D eigenvalue weighted by molar-refractivity contribution is 0.0172. The van der Waals surface area contributed by atoms with Gasteiger partial charge in [-0.2, -0.15) is 0 Å². The molecule has 4 heterocycles. The Morgan fingerprint density at radius 3 is 2.95 bits per heavy atom. The summed E-state index contributed by atoms with van der Waals surface area (Å²) < 4.78 is 18.6. The smallest absolute Gasteiger partial charge is 0.213 e. The highest BCUT2D eigenvalue weighted by atomic mass is 16.6. The van der Waals surface area contributed by atoms with E-state index in [2.05, 4.69) is 9.97 Å². The van der Waals surface area contributed by atoms with Gasteiger partial charge in [0.05, 0.1) is 26.4 Å². The van der Waals surface area contributed by atoms with Gasteiger partial charge in [-0.1, -0.05) is 0 Å². The molecule has 4 rings (SSSR count). The van der Waals surface area contributed by atoms with Gasteiger partial charge >= 0.3 is 0 Å².